The maximum absolute atomic E-state index is 13.9. The number of rotatable bonds is 3. The Morgan fingerprint density at radius 1 is 0.972 bits per heavy atom. The van der Waals surface area contributed by atoms with Crippen molar-refractivity contribution in [3.05, 3.63) is 63.5 Å². The Hall–Kier alpha value is -4.28. The molecule has 184 valence electrons. The quantitative estimate of drug-likeness (QED) is 0.422. The van der Waals surface area contributed by atoms with Gasteiger partial charge in [0.25, 0.3) is 17.5 Å². The van der Waals surface area contributed by atoms with E-state index < -0.39 is 33.0 Å². The standard InChI is InChI=1S/C25H23N5O6/c1-23(2)24(3)8-9-25(23,22(32)29-28-21(31)13-6-4-5-7-16(13)30(33)34)20-19(24)26-14-10-17-18(36-12-35-17)11-15(14)27-20/h4-7,10-11H,8-9,12H2,1-3H3,(H,28,31)(H,29,32). The third-order valence-electron chi connectivity index (χ3n) is 8.55. The number of nitrogens with one attached hydrogen (secondary N) is 2. The second kappa shape index (κ2) is 7.12. The van der Waals surface area contributed by atoms with Crippen molar-refractivity contribution in [1.82, 2.24) is 20.8 Å². The molecule has 0 radical (unpaired) electrons. The van der Waals surface area contributed by atoms with E-state index in [1.165, 1.54) is 24.3 Å². The molecule has 1 saturated carbocycles. The predicted molar refractivity (Wildman–Crippen MR) is 126 cm³/mol. The van der Waals surface area contributed by atoms with Gasteiger partial charge in [-0.1, -0.05) is 32.9 Å². The van der Waals surface area contributed by atoms with Crippen LogP contribution in [0.2, 0.25) is 0 Å². The van der Waals surface area contributed by atoms with Crippen molar-refractivity contribution in [3.63, 3.8) is 0 Å². The maximum atomic E-state index is 13.9. The average molecular weight is 489 g/mol. The Morgan fingerprint density at radius 2 is 1.61 bits per heavy atom. The Balaban J connectivity index is 1.39. The van der Waals surface area contributed by atoms with Crippen molar-refractivity contribution in [1.29, 1.82) is 0 Å². The van der Waals surface area contributed by atoms with Crippen molar-refractivity contribution < 1.29 is 24.0 Å². The molecular formula is C25H23N5O6. The minimum absolute atomic E-state index is 0.127. The SMILES string of the molecule is CC12CCC(C(=O)NNC(=O)c3ccccc3[N+](=O)[O-])(c3nc4cc5c(cc4nc31)OCO5)C2(C)C. The summed E-state index contributed by atoms with van der Waals surface area (Å²) in [4.78, 5) is 47.1. The number of fused-ring (bicyclic) bond motifs is 7. The summed E-state index contributed by atoms with van der Waals surface area (Å²) < 4.78 is 11.0. The summed E-state index contributed by atoms with van der Waals surface area (Å²) in [6.07, 6.45) is 1.23. The summed E-state index contributed by atoms with van der Waals surface area (Å²) in [6.45, 7) is 6.25. The van der Waals surface area contributed by atoms with Gasteiger partial charge in [0.1, 0.15) is 11.0 Å². The lowest BCUT2D eigenvalue weighted by atomic mass is 9.63. The lowest BCUT2D eigenvalue weighted by molar-refractivity contribution is -0.385. The normalized spacial score (nSPS) is 24.4. The first kappa shape index (κ1) is 22.2. The van der Waals surface area contributed by atoms with Crippen LogP contribution in [0.15, 0.2) is 36.4 Å². The van der Waals surface area contributed by atoms with Crippen LogP contribution in [0.1, 0.15) is 55.4 Å². The molecule has 2 amide bonds. The molecule has 6 rings (SSSR count). The second-order valence-electron chi connectivity index (χ2n) is 10.2. The zero-order chi connectivity index (χ0) is 25.5. The third-order valence-corrected chi connectivity index (χ3v) is 8.55. The fourth-order valence-electron chi connectivity index (χ4n) is 6.11. The van der Waals surface area contributed by atoms with Crippen molar-refractivity contribution in [2.75, 3.05) is 6.79 Å². The summed E-state index contributed by atoms with van der Waals surface area (Å²) in [7, 11) is 0. The summed E-state index contributed by atoms with van der Waals surface area (Å²) in [5.41, 5.74) is 4.91. The number of hydrogen-bond donors (Lipinski definition) is 2. The van der Waals surface area contributed by atoms with E-state index in [1.54, 1.807) is 12.1 Å². The minimum atomic E-state index is -1.06. The van der Waals surface area contributed by atoms with Crippen LogP contribution in [-0.4, -0.2) is 33.5 Å². The molecule has 11 heteroatoms. The second-order valence-corrected chi connectivity index (χ2v) is 10.2. The van der Waals surface area contributed by atoms with Crippen molar-refractivity contribution in [2.24, 2.45) is 5.41 Å². The molecule has 3 aromatic rings. The zero-order valence-corrected chi connectivity index (χ0v) is 19.9. The molecule has 2 aromatic carbocycles. The smallest absolute Gasteiger partial charge is 0.282 e. The highest BCUT2D eigenvalue weighted by atomic mass is 16.7. The van der Waals surface area contributed by atoms with E-state index in [2.05, 4.69) is 17.8 Å². The van der Waals surface area contributed by atoms with Crippen molar-refractivity contribution in [2.45, 2.75) is 44.4 Å². The number of aromatic nitrogens is 2. The monoisotopic (exact) mass is 489 g/mol. The average Bonchev–Trinajstić information content (AvgIpc) is 3.44. The van der Waals surface area contributed by atoms with Gasteiger partial charge in [-0.15, -0.1) is 0 Å². The van der Waals surface area contributed by atoms with E-state index in [0.29, 0.717) is 41.1 Å². The summed E-state index contributed by atoms with van der Waals surface area (Å²) in [5.74, 6) is -0.0347. The fourth-order valence-corrected chi connectivity index (χ4v) is 6.11. The number of nitro benzene ring substituents is 1. The lowest BCUT2D eigenvalue weighted by Crippen LogP contribution is -2.55. The number of benzene rings is 2. The molecule has 1 aromatic heterocycles. The first-order valence-corrected chi connectivity index (χ1v) is 11.6. The molecule has 2 unspecified atom stereocenters. The molecule has 2 bridgehead atoms. The van der Waals surface area contributed by atoms with Crippen LogP contribution in [-0.2, 0) is 15.6 Å². The molecule has 2 N–H and O–H groups in total. The van der Waals surface area contributed by atoms with Gasteiger partial charge < -0.3 is 9.47 Å². The van der Waals surface area contributed by atoms with E-state index in [-0.39, 0.29) is 18.0 Å². The van der Waals surface area contributed by atoms with Gasteiger partial charge in [-0.2, -0.15) is 0 Å². The Morgan fingerprint density at radius 3 is 2.28 bits per heavy atom. The van der Waals surface area contributed by atoms with E-state index in [4.69, 9.17) is 19.4 Å². The molecule has 2 heterocycles. The number of nitro groups is 1. The van der Waals surface area contributed by atoms with Crippen LogP contribution < -0.4 is 20.3 Å². The highest BCUT2D eigenvalue weighted by Gasteiger charge is 2.73. The molecular weight excluding hydrogens is 466 g/mol. The molecule has 0 spiro atoms. The van der Waals surface area contributed by atoms with Crippen LogP contribution in [0.3, 0.4) is 0 Å². The Bertz CT molecular complexity index is 1500. The highest BCUT2D eigenvalue weighted by Crippen LogP contribution is 2.70. The van der Waals surface area contributed by atoms with Gasteiger partial charge in [-0.05, 0) is 24.3 Å². The number of hydrogen-bond acceptors (Lipinski definition) is 8. The molecule has 3 aliphatic rings. The van der Waals surface area contributed by atoms with Crippen molar-refractivity contribution >= 4 is 28.5 Å². The highest BCUT2D eigenvalue weighted by molar-refractivity contribution is 6.00. The molecule has 2 aliphatic carbocycles. The van der Waals surface area contributed by atoms with Gasteiger partial charge in [0, 0.05) is 23.6 Å². The van der Waals surface area contributed by atoms with E-state index in [9.17, 15) is 19.7 Å². The summed E-state index contributed by atoms with van der Waals surface area (Å²) in [5, 5.41) is 11.3. The van der Waals surface area contributed by atoms with Crippen LogP contribution in [0, 0.1) is 15.5 Å². The zero-order valence-electron chi connectivity index (χ0n) is 19.9. The molecule has 36 heavy (non-hydrogen) atoms. The molecule has 0 saturated heterocycles. The fraction of sp³-hybridized carbons (Fsp3) is 0.360. The van der Waals surface area contributed by atoms with E-state index in [0.717, 1.165) is 5.69 Å². The maximum Gasteiger partial charge on any atom is 0.282 e. The number of carbonyl (C=O) groups is 2. The number of hydrazine groups is 1. The van der Waals surface area contributed by atoms with Gasteiger partial charge in [0.2, 0.25) is 6.79 Å². The van der Waals surface area contributed by atoms with Crippen molar-refractivity contribution in [3.8, 4) is 11.5 Å². The molecule has 1 fully saturated rings. The molecule has 1 aliphatic heterocycles. The number of para-hydroxylation sites is 1. The minimum Gasteiger partial charge on any atom is -0.454 e. The lowest BCUT2D eigenvalue weighted by Gasteiger charge is -2.39. The molecule has 11 nitrogen and oxygen atoms in total. The predicted octanol–water partition coefficient (Wildman–Crippen LogP) is 3.06. The largest absolute Gasteiger partial charge is 0.454 e. The van der Waals surface area contributed by atoms with Crippen LogP contribution in [0.5, 0.6) is 11.5 Å². The van der Waals surface area contributed by atoms with Gasteiger partial charge in [0.05, 0.1) is 27.3 Å². The summed E-state index contributed by atoms with van der Waals surface area (Å²) in [6, 6.07) is 9.12. The Kier molecular flexibility index (Phi) is 4.39. The third kappa shape index (κ3) is 2.62. The number of carbonyl (C=O) groups excluding carboxylic acids is 2. The van der Waals surface area contributed by atoms with E-state index >= 15 is 0 Å². The van der Waals surface area contributed by atoms with Gasteiger partial charge in [-0.3, -0.25) is 30.6 Å². The number of amides is 2. The van der Waals surface area contributed by atoms with Gasteiger partial charge in [0.15, 0.2) is 11.5 Å². The Labute approximate surface area is 205 Å². The van der Waals surface area contributed by atoms with Crippen LogP contribution in [0.25, 0.3) is 11.0 Å². The van der Waals surface area contributed by atoms with Crippen LogP contribution in [0.4, 0.5) is 5.69 Å². The van der Waals surface area contributed by atoms with Gasteiger partial charge >= 0.3 is 0 Å². The first-order valence-electron chi connectivity index (χ1n) is 11.6. The topological polar surface area (TPSA) is 146 Å². The number of ether oxygens (including phenoxy) is 2. The molecule has 2 atom stereocenters. The first-order chi connectivity index (χ1) is 17.1. The van der Waals surface area contributed by atoms with E-state index in [1.807, 2.05) is 13.8 Å². The van der Waals surface area contributed by atoms with Gasteiger partial charge in [-0.25, -0.2) is 9.97 Å². The van der Waals surface area contributed by atoms with Crippen LogP contribution >= 0.6 is 0 Å². The summed E-state index contributed by atoms with van der Waals surface area (Å²) >= 11 is 0. The number of nitrogens with zero attached hydrogens (tertiary/aromatic N) is 3.